The van der Waals surface area contributed by atoms with E-state index in [4.69, 9.17) is 10.5 Å². The highest BCUT2D eigenvalue weighted by Gasteiger charge is 2.16. The molecule has 0 saturated heterocycles. The maximum absolute atomic E-state index is 10.6. The minimum absolute atomic E-state index is 0.207. The summed E-state index contributed by atoms with van der Waals surface area (Å²) in [6, 6.07) is 21.4. The molecule has 0 aliphatic rings. The van der Waals surface area contributed by atoms with Crippen LogP contribution in [0.5, 0.6) is 11.5 Å². The smallest absolute Gasteiger partial charge is 0.124 e. The number of ether oxygens (including phenoxy) is 1. The summed E-state index contributed by atoms with van der Waals surface area (Å²) in [6.07, 6.45) is 0. The summed E-state index contributed by atoms with van der Waals surface area (Å²) in [6.45, 7) is 0. The molecule has 3 heteroatoms. The minimum atomic E-state index is 0.207. The number of anilines is 1. The van der Waals surface area contributed by atoms with Gasteiger partial charge < -0.3 is 15.6 Å². The second-order valence-electron chi connectivity index (χ2n) is 5.80. The van der Waals surface area contributed by atoms with Gasteiger partial charge in [-0.3, -0.25) is 0 Å². The molecule has 4 rings (SSSR count). The second-order valence-corrected chi connectivity index (χ2v) is 5.80. The number of phenols is 1. The summed E-state index contributed by atoms with van der Waals surface area (Å²) in [4.78, 5) is 0. The zero-order chi connectivity index (χ0) is 16.7. The molecule has 118 valence electrons. The standard InChI is InChI=1S/C21H17NO2/c1-24-15-9-6-14-8-11-19(23)21(17(14)12-15)20-16-5-3-2-4-13(16)7-10-18(20)22/h2-12,23H,22H2,1H3. The average molecular weight is 315 g/mol. The topological polar surface area (TPSA) is 55.5 Å². The van der Waals surface area contributed by atoms with E-state index in [1.807, 2.05) is 60.7 Å². The maximum Gasteiger partial charge on any atom is 0.124 e. The molecule has 0 amide bonds. The van der Waals surface area contributed by atoms with Gasteiger partial charge in [-0.15, -0.1) is 0 Å². The number of aromatic hydroxyl groups is 1. The van der Waals surface area contributed by atoms with E-state index in [-0.39, 0.29) is 5.75 Å². The molecule has 0 fully saturated rings. The molecule has 0 radical (unpaired) electrons. The highest BCUT2D eigenvalue weighted by Crippen LogP contribution is 2.43. The van der Waals surface area contributed by atoms with E-state index in [2.05, 4.69) is 0 Å². The highest BCUT2D eigenvalue weighted by molar-refractivity contribution is 6.11. The molecule has 0 saturated carbocycles. The fraction of sp³-hybridized carbons (Fsp3) is 0.0476. The van der Waals surface area contributed by atoms with Crippen LogP contribution in [0, 0.1) is 0 Å². The fourth-order valence-corrected chi connectivity index (χ4v) is 3.24. The maximum atomic E-state index is 10.6. The first kappa shape index (κ1) is 14.4. The zero-order valence-corrected chi connectivity index (χ0v) is 13.3. The fourth-order valence-electron chi connectivity index (χ4n) is 3.24. The number of hydrogen-bond acceptors (Lipinski definition) is 3. The Hall–Kier alpha value is -3.20. The molecule has 0 heterocycles. The first-order valence-electron chi connectivity index (χ1n) is 7.76. The number of fused-ring (bicyclic) bond motifs is 2. The lowest BCUT2D eigenvalue weighted by molar-refractivity contribution is 0.415. The third-order valence-corrected chi connectivity index (χ3v) is 4.42. The molecule has 0 aromatic heterocycles. The van der Waals surface area contributed by atoms with Crippen LogP contribution in [-0.4, -0.2) is 12.2 Å². The van der Waals surface area contributed by atoms with Gasteiger partial charge in [0.15, 0.2) is 0 Å². The largest absolute Gasteiger partial charge is 0.507 e. The minimum Gasteiger partial charge on any atom is -0.507 e. The van der Waals surface area contributed by atoms with E-state index in [9.17, 15) is 5.11 Å². The predicted molar refractivity (Wildman–Crippen MR) is 99.5 cm³/mol. The molecule has 0 atom stereocenters. The van der Waals surface area contributed by atoms with Crippen LogP contribution >= 0.6 is 0 Å². The molecule has 24 heavy (non-hydrogen) atoms. The van der Waals surface area contributed by atoms with Crippen LogP contribution in [0.15, 0.2) is 66.7 Å². The quantitative estimate of drug-likeness (QED) is 0.514. The van der Waals surface area contributed by atoms with Gasteiger partial charge in [0.05, 0.1) is 7.11 Å². The van der Waals surface area contributed by atoms with Crippen molar-refractivity contribution in [1.29, 1.82) is 0 Å². The first-order valence-corrected chi connectivity index (χ1v) is 7.76. The van der Waals surface area contributed by atoms with Gasteiger partial charge in [-0.2, -0.15) is 0 Å². The Kier molecular flexibility index (Phi) is 3.28. The number of hydrogen-bond donors (Lipinski definition) is 2. The highest BCUT2D eigenvalue weighted by atomic mass is 16.5. The Morgan fingerprint density at radius 1 is 0.792 bits per heavy atom. The lowest BCUT2D eigenvalue weighted by atomic mass is 9.92. The lowest BCUT2D eigenvalue weighted by Gasteiger charge is -2.15. The van der Waals surface area contributed by atoms with Gasteiger partial charge in [0.2, 0.25) is 0 Å². The van der Waals surface area contributed by atoms with Crippen molar-refractivity contribution in [2.75, 3.05) is 12.8 Å². The number of methoxy groups -OCH3 is 1. The van der Waals surface area contributed by atoms with E-state index < -0.39 is 0 Å². The predicted octanol–water partition coefficient (Wildman–Crippen LogP) is 4.96. The van der Waals surface area contributed by atoms with Crippen molar-refractivity contribution in [3.8, 4) is 22.6 Å². The molecule has 0 aliphatic heterocycles. The van der Waals surface area contributed by atoms with Crippen molar-refractivity contribution in [1.82, 2.24) is 0 Å². The van der Waals surface area contributed by atoms with Gasteiger partial charge in [-0.05, 0) is 45.8 Å². The Morgan fingerprint density at radius 2 is 1.50 bits per heavy atom. The van der Waals surface area contributed by atoms with Gasteiger partial charge in [0, 0.05) is 16.8 Å². The van der Waals surface area contributed by atoms with Gasteiger partial charge in [-0.25, -0.2) is 0 Å². The SMILES string of the molecule is COc1ccc2ccc(O)c(-c3c(N)ccc4ccccc34)c2c1. The molecule has 0 unspecified atom stereocenters. The summed E-state index contributed by atoms with van der Waals surface area (Å²) in [5, 5.41) is 14.7. The second kappa shape index (κ2) is 5.46. The Balaban J connectivity index is 2.18. The van der Waals surface area contributed by atoms with Crippen LogP contribution in [0.2, 0.25) is 0 Å². The zero-order valence-electron chi connectivity index (χ0n) is 13.3. The molecular formula is C21H17NO2. The monoisotopic (exact) mass is 315 g/mol. The van der Waals surface area contributed by atoms with Crippen LogP contribution in [0.25, 0.3) is 32.7 Å². The van der Waals surface area contributed by atoms with Crippen molar-refractivity contribution in [3.63, 3.8) is 0 Å². The Morgan fingerprint density at radius 3 is 2.33 bits per heavy atom. The normalized spacial score (nSPS) is 11.0. The van der Waals surface area contributed by atoms with Crippen LogP contribution in [-0.2, 0) is 0 Å². The number of nitrogen functional groups attached to an aromatic ring is 1. The van der Waals surface area contributed by atoms with Crippen LogP contribution in [0.4, 0.5) is 5.69 Å². The van der Waals surface area contributed by atoms with Crippen molar-refractivity contribution < 1.29 is 9.84 Å². The third kappa shape index (κ3) is 2.14. The van der Waals surface area contributed by atoms with Gasteiger partial charge >= 0.3 is 0 Å². The summed E-state index contributed by atoms with van der Waals surface area (Å²) < 4.78 is 5.36. The van der Waals surface area contributed by atoms with E-state index in [0.717, 1.165) is 38.4 Å². The molecule has 3 nitrogen and oxygen atoms in total. The average Bonchev–Trinajstić information content (AvgIpc) is 2.62. The number of nitrogens with two attached hydrogens (primary N) is 1. The van der Waals surface area contributed by atoms with Gasteiger partial charge in [0.25, 0.3) is 0 Å². The molecule has 0 bridgehead atoms. The van der Waals surface area contributed by atoms with E-state index in [1.165, 1.54) is 0 Å². The van der Waals surface area contributed by atoms with E-state index >= 15 is 0 Å². The molecular weight excluding hydrogens is 298 g/mol. The number of phenolic OH excluding ortho intramolecular Hbond substituents is 1. The number of benzene rings is 4. The van der Waals surface area contributed by atoms with Crippen LogP contribution in [0.1, 0.15) is 0 Å². The Bertz CT molecular complexity index is 1070. The Labute approximate surface area is 139 Å². The summed E-state index contributed by atoms with van der Waals surface area (Å²) in [5.41, 5.74) is 8.53. The summed E-state index contributed by atoms with van der Waals surface area (Å²) in [7, 11) is 1.63. The molecule has 0 spiro atoms. The van der Waals surface area contributed by atoms with Gasteiger partial charge in [-0.1, -0.05) is 42.5 Å². The summed E-state index contributed by atoms with van der Waals surface area (Å²) in [5.74, 6) is 0.951. The lowest BCUT2D eigenvalue weighted by Crippen LogP contribution is -1.93. The molecule has 0 aliphatic carbocycles. The summed E-state index contributed by atoms with van der Waals surface area (Å²) >= 11 is 0. The van der Waals surface area contributed by atoms with Crippen molar-refractivity contribution in [2.45, 2.75) is 0 Å². The van der Waals surface area contributed by atoms with Crippen LogP contribution in [0.3, 0.4) is 0 Å². The third-order valence-electron chi connectivity index (χ3n) is 4.42. The van der Waals surface area contributed by atoms with Gasteiger partial charge in [0.1, 0.15) is 11.5 Å². The van der Waals surface area contributed by atoms with Crippen molar-refractivity contribution >= 4 is 27.2 Å². The molecule has 4 aromatic rings. The first-order chi connectivity index (χ1) is 11.7. The van der Waals surface area contributed by atoms with Crippen molar-refractivity contribution in [3.05, 3.63) is 66.7 Å². The molecule has 3 N–H and O–H groups in total. The number of rotatable bonds is 2. The van der Waals surface area contributed by atoms with E-state index in [1.54, 1.807) is 13.2 Å². The van der Waals surface area contributed by atoms with E-state index in [0.29, 0.717) is 5.69 Å². The van der Waals surface area contributed by atoms with Crippen molar-refractivity contribution in [2.24, 2.45) is 0 Å². The van der Waals surface area contributed by atoms with Crippen LogP contribution < -0.4 is 10.5 Å². The molecule has 4 aromatic carbocycles.